The second-order valence-corrected chi connectivity index (χ2v) is 2.85. The van der Waals surface area contributed by atoms with Crippen LogP contribution in [0.25, 0.3) is 0 Å². The van der Waals surface area contributed by atoms with Gasteiger partial charge in [-0.3, -0.25) is 0 Å². The average molecular weight is 160 g/mol. The normalized spacial score (nSPS) is 9.08. The lowest BCUT2D eigenvalue weighted by Crippen LogP contribution is -1.82. The molecule has 0 amide bonds. The Morgan fingerprint density at radius 2 is 2.00 bits per heavy atom. The van der Waals surface area contributed by atoms with Crippen LogP contribution in [0.2, 0.25) is 0 Å². The highest BCUT2D eigenvalue weighted by atomic mass is 16.1. The summed E-state index contributed by atoms with van der Waals surface area (Å²) < 4.78 is 0. The van der Waals surface area contributed by atoms with Crippen molar-refractivity contribution in [3.63, 3.8) is 0 Å². The third kappa shape index (κ3) is 2.73. The van der Waals surface area contributed by atoms with Gasteiger partial charge in [0.25, 0.3) is 0 Å². The zero-order valence-corrected chi connectivity index (χ0v) is 7.21. The van der Waals surface area contributed by atoms with Crippen molar-refractivity contribution in [2.24, 2.45) is 0 Å². The smallest absolute Gasteiger partial charge is 0.120 e. The van der Waals surface area contributed by atoms with Crippen LogP contribution in [-0.4, -0.2) is 5.94 Å². The number of benzene rings is 1. The number of rotatable bonds is 3. The highest BCUT2D eigenvalue weighted by Gasteiger charge is 1.89. The molecule has 0 unspecified atom stereocenters. The van der Waals surface area contributed by atoms with Crippen LogP contribution >= 0.6 is 0 Å². The number of aryl methyl sites for hydroxylation is 2. The molecule has 0 fully saturated rings. The van der Waals surface area contributed by atoms with Gasteiger partial charge in [0.1, 0.15) is 5.94 Å². The van der Waals surface area contributed by atoms with E-state index in [9.17, 15) is 4.79 Å². The molecular weight excluding hydrogens is 148 g/mol. The van der Waals surface area contributed by atoms with Gasteiger partial charge in [-0.1, -0.05) is 29.8 Å². The van der Waals surface area contributed by atoms with Crippen LogP contribution in [0.1, 0.15) is 17.5 Å². The minimum absolute atomic E-state index is 0.784. The first kappa shape index (κ1) is 8.76. The second kappa shape index (κ2) is 4.53. The molecular formula is C11H12O. The lowest BCUT2D eigenvalue weighted by molar-refractivity contribution is 0.568. The van der Waals surface area contributed by atoms with Gasteiger partial charge in [0.05, 0.1) is 0 Å². The highest BCUT2D eigenvalue weighted by molar-refractivity contribution is 5.44. The fourth-order valence-electron chi connectivity index (χ4n) is 1.05. The van der Waals surface area contributed by atoms with Gasteiger partial charge >= 0.3 is 0 Å². The summed E-state index contributed by atoms with van der Waals surface area (Å²) in [5.74, 6) is 1.77. The molecule has 1 aromatic rings. The molecule has 62 valence electrons. The molecule has 0 radical (unpaired) electrons. The van der Waals surface area contributed by atoms with Crippen LogP contribution in [0.4, 0.5) is 0 Å². The van der Waals surface area contributed by atoms with Crippen molar-refractivity contribution in [1.29, 1.82) is 0 Å². The van der Waals surface area contributed by atoms with Gasteiger partial charge in [-0.2, -0.15) is 0 Å². The number of allylic oxidation sites excluding steroid dienone is 1. The molecule has 0 N–H and O–H groups in total. The van der Waals surface area contributed by atoms with Gasteiger partial charge in [-0.05, 0) is 25.3 Å². The Morgan fingerprint density at radius 1 is 1.33 bits per heavy atom. The van der Waals surface area contributed by atoms with Crippen molar-refractivity contribution in [2.75, 3.05) is 0 Å². The van der Waals surface area contributed by atoms with Crippen LogP contribution in [0.3, 0.4) is 0 Å². The Hall–Kier alpha value is -1.33. The first-order valence-electron chi connectivity index (χ1n) is 4.08. The summed E-state index contributed by atoms with van der Waals surface area (Å²) >= 11 is 0. The lowest BCUT2D eigenvalue weighted by Gasteiger charge is -1.97. The average Bonchev–Trinajstić information content (AvgIpc) is 2.09. The largest absolute Gasteiger partial charge is 0.234 e. The zero-order valence-electron chi connectivity index (χ0n) is 7.21. The van der Waals surface area contributed by atoms with Crippen LogP contribution in [0.5, 0.6) is 0 Å². The number of carbonyl (C=O) groups excluding carboxylic acids is 1. The van der Waals surface area contributed by atoms with E-state index in [0.717, 1.165) is 12.8 Å². The molecule has 1 nitrogen and oxygen atoms in total. The van der Waals surface area contributed by atoms with Crippen molar-refractivity contribution in [3.05, 3.63) is 41.5 Å². The molecule has 0 saturated heterocycles. The van der Waals surface area contributed by atoms with E-state index in [1.165, 1.54) is 17.2 Å². The molecule has 0 bridgehead atoms. The van der Waals surface area contributed by atoms with E-state index in [-0.39, 0.29) is 0 Å². The van der Waals surface area contributed by atoms with Gasteiger partial charge in [-0.25, -0.2) is 4.79 Å². The third-order valence-electron chi connectivity index (χ3n) is 1.78. The fraction of sp³-hybridized carbons (Fsp3) is 0.273. The molecule has 0 spiro atoms. The zero-order chi connectivity index (χ0) is 8.81. The van der Waals surface area contributed by atoms with Gasteiger partial charge in [0.2, 0.25) is 0 Å². The van der Waals surface area contributed by atoms with E-state index >= 15 is 0 Å². The minimum atomic E-state index is 0.784. The molecule has 0 saturated carbocycles. The molecule has 0 aromatic heterocycles. The Balaban J connectivity index is 2.53. The van der Waals surface area contributed by atoms with Crippen molar-refractivity contribution in [2.45, 2.75) is 19.8 Å². The Morgan fingerprint density at radius 3 is 2.58 bits per heavy atom. The minimum Gasteiger partial charge on any atom is -0.234 e. The summed E-state index contributed by atoms with van der Waals surface area (Å²) in [6.07, 6.45) is 3.24. The second-order valence-electron chi connectivity index (χ2n) is 2.85. The van der Waals surface area contributed by atoms with Gasteiger partial charge in [-0.15, -0.1) is 0 Å². The van der Waals surface area contributed by atoms with E-state index in [1.54, 1.807) is 5.94 Å². The summed E-state index contributed by atoms with van der Waals surface area (Å²) in [6.45, 7) is 2.06. The van der Waals surface area contributed by atoms with Gasteiger partial charge < -0.3 is 0 Å². The summed E-state index contributed by atoms with van der Waals surface area (Å²) in [5, 5.41) is 0. The molecule has 0 heterocycles. The van der Waals surface area contributed by atoms with Gasteiger partial charge in [0, 0.05) is 6.08 Å². The van der Waals surface area contributed by atoms with E-state index < -0.39 is 0 Å². The Kier molecular flexibility index (Phi) is 3.31. The van der Waals surface area contributed by atoms with Crippen LogP contribution in [0, 0.1) is 6.92 Å². The van der Waals surface area contributed by atoms with E-state index in [4.69, 9.17) is 0 Å². The monoisotopic (exact) mass is 160 g/mol. The van der Waals surface area contributed by atoms with E-state index in [1.807, 2.05) is 0 Å². The first-order chi connectivity index (χ1) is 5.83. The van der Waals surface area contributed by atoms with Crippen LogP contribution < -0.4 is 0 Å². The maximum Gasteiger partial charge on any atom is 0.120 e. The first-order valence-corrected chi connectivity index (χ1v) is 4.08. The molecule has 12 heavy (non-hydrogen) atoms. The molecule has 1 rings (SSSR count). The van der Waals surface area contributed by atoms with Crippen molar-refractivity contribution < 1.29 is 4.79 Å². The predicted octanol–water partition coefficient (Wildman–Crippen LogP) is 2.32. The standard InChI is InChI=1S/C11H12O/c1-10-5-7-11(8-6-10)4-2-3-9-12/h3,5-8H,2,4H2,1H3. The molecule has 0 aliphatic carbocycles. The maximum atomic E-state index is 9.87. The highest BCUT2D eigenvalue weighted by Crippen LogP contribution is 2.05. The lowest BCUT2D eigenvalue weighted by atomic mass is 10.1. The van der Waals surface area contributed by atoms with Crippen LogP contribution in [0.15, 0.2) is 30.3 Å². The quantitative estimate of drug-likeness (QED) is 0.620. The predicted molar refractivity (Wildman–Crippen MR) is 49.8 cm³/mol. The Labute approximate surface area is 72.7 Å². The van der Waals surface area contributed by atoms with E-state index in [0.29, 0.717) is 0 Å². The topological polar surface area (TPSA) is 17.1 Å². The molecule has 1 aromatic carbocycles. The summed E-state index contributed by atoms with van der Waals surface area (Å²) in [7, 11) is 0. The van der Waals surface area contributed by atoms with Crippen molar-refractivity contribution >= 4 is 5.94 Å². The van der Waals surface area contributed by atoms with Gasteiger partial charge in [0.15, 0.2) is 0 Å². The molecule has 1 heteroatoms. The molecule has 0 aliphatic heterocycles. The van der Waals surface area contributed by atoms with Crippen molar-refractivity contribution in [3.8, 4) is 0 Å². The third-order valence-corrected chi connectivity index (χ3v) is 1.78. The van der Waals surface area contributed by atoms with Crippen LogP contribution in [-0.2, 0) is 11.2 Å². The SMILES string of the molecule is Cc1ccc(CCC=C=O)cc1. The number of hydrogen-bond donors (Lipinski definition) is 0. The maximum absolute atomic E-state index is 9.87. The summed E-state index contributed by atoms with van der Waals surface area (Å²) in [5.41, 5.74) is 2.54. The van der Waals surface area contributed by atoms with Crippen molar-refractivity contribution in [1.82, 2.24) is 0 Å². The summed E-state index contributed by atoms with van der Waals surface area (Å²) in [4.78, 5) is 9.87. The Bertz CT molecular complexity index is 278. The molecule has 0 atom stereocenters. The molecule has 0 aliphatic rings. The van der Waals surface area contributed by atoms with E-state index in [2.05, 4.69) is 31.2 Å². The summed E-state index contributed by atoms with van der Waals surface area (Å²) in [6, 6.07) is 8.35. The number of hydrogen-bond acceptors (Lipinski definition) is 1. The fourth-order valence-corrected chi connectivity index (χ4v) is 1.05.